The van der Waals surface area contributed by atoms with Crippen LogP contribution in [0.1, 0.15) is 11.8 Å². The van der Waals surface area contributed by atoms with E-state index in [0.717, 1.165) is 4.88 Å². The number of carbonyl (C=O) groups is 1. The van der Waals surface area contributed by atoms with Crippen LogP contribution in [0.4, 0.5) is 5.69 Å². The summed E-state index contributed by atoms with van der Waals surface area (Å²) in [5.41, 5.74) is -0.303. The van der Waals surface area contributed by atoms with Crippen LogP contribution in [0.5, 0.6) is 0 Å². The van der Waals surface area contributed by atoms with Crippen LogP contribution in [0.3, 0.4) is 0 Å². The third-order valence-corrected chi connectivity index (χ3v) is 4.85. The number of non-ortho nitro benzene ring substituents is 1. The van der Waals surface area contributed by atoms with E-state index in [1.807, 2.05) is 24.4 Å². The number of hydrogen-bond acceptors (Lipinski definition) is 6. The first kappa shape index (κ1) is 17.7. The predicted molar refractivity (Wildman–Crippen MR) is 98.1 cm³/mol. The van der Waals surface area contributed by atoms with Crippen LogP contribution < -0.4 is 5.56 Å². The molecule has 2 heterocycles. The van der Waals surface area contributed by atoms with E-state index in [9.17, 15) is 19.7 Å². The molecule has 1 amide bonds. The largest absolute Gasteiger partial charge is 0.336 e. The number of rotatable bonds is 6. The molecule has 0 aliphatic rings. The monoisotopic (exact) mass is 372 g/mol. The van der Waals surface area contributed by atoms with Gasteiger partial charge in [0.1, 0.15) is 6.54 Å². The van der Waals surface area contributed by atoms with Gasteiger partial charge in [0, 0.05) is 23.6 Å². The molecule has 8 nitrogen and oxygen atoms in total. The van der Waals surface area contributed by atoms with E-state index in [0.29, 0.717) is 18.6 Å². The van der Waals surface area contributed by atoms with Gasteiger partial charge in [0.2, 0.25) is 5.91 Å². The summed E-state index contributed by atoms with van der Waals surface area (Å²) in [7, 11) is 0. The van der Waals surface area contributed by atoms with Crippen LogP contribution in [0.25, 0.3) is 10.9 Å². The van der Waals surface area contributed by atoms with Gasteiger partial charge < -0.3 is 4.90 Å². The van der Waals surface area contributed by atoms with Crippen molar-refractivity contribution in [2.24, 2.45) is 0 Å². The number of nitrogens with zero attached hydrogens (tertiary/aromatic N) is 4. The van der Waals surface area contributed by atoms with Crippen LogP contribution in [-0.2, 0) is 17.9 Å². The Morgan fingerprint density at radius 1 is 1.38 bits per heavy atom. The zero-order valence-electron chi connectivity index (χ0n) is 14.0. The summed E-state index contributed by atoms with van der Waals surface area (Å²) in [6.45, 7) is 2.70. The molecule has 0 unspecified atom stereocenters. The number of nitro benzene ring substituents is 1. The van der Waals surface area contributed by atoms with Crippen molar-refractivity contribution in [3.05, 3.63) is 67.4 Å². The van der Waals surface area contributed by atoms with Crippen molar-refractivity contribution >= 4 is 33.8 Å². The van der Waals surface area contributed by atoms with Crippen molar-refractivity contribution in [1.82, 2.24) is 14.5 Å². The van der Waals surface area contributed by atoms with Gasteiger partial charge in [-0.25, -0.2) is 4.98 Å². The highest BCUT2D eigenvalue weighted by atomic mass is 32.1. The van der Waals surface area contributed by atoms with E-state index in [4.69, 9.17) is 0 Å². The molecule has 9 heteroatoms. The standard InChI is InChI=1S/C17H16N4O4S/c1-2-19(9-13-4-3-7-26-13)16(22)10-20-11-18-15-6-5-12(21(24)25)8-14(15)17(20)23/h3-8,11H,2,9-10H2,1H3. The molecule has 0 saturated heterocycles. The molecule has 0 N–H and O–H groups in total. The van der Waals surface area contributed by atoms with Gasteiger partial charge >= 0.3 is 0 Å². The lowest BCUT2D eigenvalue weighted by atomic mass is 10.2. The highest BCUT2D eigenvalue weighted by molar-refractivity contribution is 7.09. The van der Waals surface area contributed by atoms with Gasteiger partial charge in [0.05, 0.1) is 28.7 Å². The van der Waals surface area contributed by atoms with Gasteiger partial charge in [-0.1, -0.05) is 6.07 Å². The maximum Gasteiger partial charge on any atom is 0.270 e. The summed E-state index contributed by atoms with van der Waals surface area (Å²) >= 11 is 1.56. The van der Waals surface area contributed by atoms with E-state index >= 15 is 0 Å². The normalized spacial score (nSPS) is 10.8. The van der Waals surface area contributed by atoms with Crippen molar-refractivity contribution in [3.8, 4) is 0 Å². The molecule has 0 saturated carbocycles. The number of hydrogen-bond donors (Lipinski definition) is 0. The number of likely N-dealkylation sites (N-methyl/N-ethyl adjacent to an activating group) is 1. The first-order chi connectivity index (χ1) is 12.5. The van der Waals surface area contributed by atoms with E-state index in [2.05, 4.69) is 4.98 Å². The summed E-state index contributed by atoms with van der Waals surface area (Å²) < 4.78 is 1.19. The lowest BCUT2D eigenvalue weighted by Gasteiger charge is -2.20. The maximum absolute atomic E-state index is 12.6. The van der Waals surface area contributed by atoms with Crippen LogP contribution >= 0.6 is 11.3 Å². The van der Waals surface area contributed by atoms with Gasteiger partial charge in [0.25, 0.3) is 11.2 Å². The lowest BCUT2D eigenvalue weighted by molar-refractivity contribution is -0.384. The van der Waals surface area contributed by atoms with Crippen LogP contribution in [0.15, 0.2) is 46.8 Å². The Kier molecular flexibility index (Phi) is 5.08. The SMILES string of the molecule is CCN(Cc1cccs1)C(=O)Cn1cnc2ccc([N+](=O)[O-])cc2c1=O. The quantitative estimate of drug-likeness (QED) is 0.489. The zero-order valence-corrected chi connectivity index (χ0v) is 14.8. The second-order valence-corrected chi connectivity index (χ2v) is 6.66. The van der Waals surface area contributed by atoms with E-state index in [1.54, 1.807) is 16.2 Å². The molecule has 0 aliphatic carbocycles. The van der Waals surface area contributed by atoms with Crippen molar-refractivity contribution in [2.75, 3.05) is 6.54 Å². The molecule has 2 aromatic heterocycles. The Labute approximate surface area is 152 Å². The van der Waals surface area contributed by atoms with Crippen molar-refractivity contribution in [2.45, 2.75) is 20.0 Å². The first-order valence-corrected chi connectivity index (χ1v) is 8.81. The maximum atomic E-state index is 12.6. The van der Waals surface area contributed by atoms with Crippen LogP contribution in [-0.4, -0.2) is 31.8 Å². The van der Waals surface area contributed by atoms with Gasteiger partial charge in [-0.2, -0.15) is 0 Å². The second kappa shape index (κ2) is 7.44. The third kappa shape index (κ3) is 3.62. The summed E-state index contributed by atoms with van der Waals surface area (Å²) in [6, 6.07) is 7.78. The fourth-order valence-corrected chi connectivity index (χ4v) is 3.31. The number of benzene rings is 1. The predicted octanol–water partition coefficient (Wildman–Crippen LogP) is 2.41. The number of amides is 1. The van der Waals surface area contributed by atoms with E-state index < -0.39 is 10.5 Å². The molecule has 0 bridgehead atoms. The van der Waals surface area contributed by atoms with Crippen LogP contribution in [0.2, 0.25) is 0 Å². The second-order valence-electron chi connectivity index (χ2n) is 5.62. The minimum atomic E-state index is -0.568. The molecule has 3 rings (SSSR count). The highest BCUT2D eigenvalue weighted by Crippen LogP contribution is 2.16. The minimum Gasteiger partial charge on any atom is -0.336 e. The Balaban J connectivity index is 1.87. The Morgan fingerprint density at radius 3 is 2.85 bits per heavy atom. The minimum absolute atomic E-state index is 0.121. The molecule has 0 radical (unpaired) electrons. The summed E-state index contributed by atoms with van der Waals surface area (Å²) in [5, 5.41) is 13.0. The van der Waals surface area contributed by atoms with Crippen molar-refractivity contribution < 1.29 is 9.72 Å². The molecule has 134 valence electrons. The fourth-order valence-electron chi connectivity index (χ4n) is 2.59. The summed E-state index contributed by atoms with van der Waals surface area (Å²) in [5.74, 6) is -0.213. The molecular weight excluding hydrogens is 356 g/mol. The molecular formula is C17H16N4O4S. The van der Waals surface area contributed by atoms with Crippen LogP contribution in [0, 0.1) is 10.1 Å². The highest BCUT2D eigenvalue weighted by Gasteiger charge is 2.16. The fraction of sp³-hybridized carbons (Fsp3) is 0.235. The number of fused-ring (bicyclic) bond motifs is 1. The van der Waals surface area contributed by atoms with E-state index in [-0.39, 0.29) is 23.5 Å². The smallest absolute Gasteiger partial charge is 0.270 e. The summed E-state index contributed by atoms with van der Waals surface area (Å²) in [6.07, 6.45) is 1.30. The molecule has 0 atom stereocenters. The average molecular weight is 372 g/mol. The zero-order chi connectivity index (χ0) is 18.7. The van der Waals surface area contributed by atoms with Crippen molar-refractivity contribution in [3.63, 3.8) is 0 Å². The summed E-state index contributed by atoms with van der Waals surface area (Å²) in [4.78, 5) is 42.3. The topological polar surface area (TPSA) is 98.3 Å². The molecule has 0 aliphatic heterocycles. The van der Waals surface area contributed by atoms with Gasteiger partial charge in [-0.05, 0) is 24.4 Å². The Hall–Kier alpha value is -3.07. The van der Waals surface area contributed by atoms with E-state index in [1.165, 1.54) is 29.1 Å². The van der Waals surface area contributed by atoms with Gasteiger partial charge in [-0.3, -0.25) is 24.3 Å². The average Bonchev–Trinajstić information content (AvgIpc) is 3.14. The number of carbonyl (C=O) groups excluding carboxylic acids is 1. The van der Waals surface area contributed by atoms with Crippen molar-refractivity contribution in [1.29, 1.82) is 0 Å². The molecule has 26 heavy (non-hydrogen) atoms. The molecule has 0 spiro atoms. The van der Waals surface area contributed by atoms with Gasteiger partial charge in [0.15, 0.2) is 0 Å². The lowest BCUT2D eigenvalue weighted by Crippen LogP contribution is -2.36. The third-order valence-electron chi connectivity index (χ3n) is 3.99. The number of thiophene rings is 1. The molecule has 3 aromatic rings. The Bertz CT molecular complexity index is 1010. The number of aromatic nitrogens is 2. The number of nitro groups is 1. The first-order valence-electron chi connectivity index (χ1n) is 7.93. The van der Waals surface area contributed by atoms with Gasteiger partial charge in [-0.15, -0.1) is 11.3 Å². The molecule has 1 aromatic carbocycles. The Morgan fingerprint density at radius 2 is 2.19 bits per heavy atom. The molecule has 0 fully saturated rings.